The quantitative estimate of drug-likeness (QED) is 0.118. The molecule has 1 aliphatic rings. The number of benzene rings is 1. The summed E-state index contributed by atoms with van der Waals surface area (Å²) in [6, 6.07) is 5.50. The summed E-state index contributed by atoms with van der Waals surface area (Å²) in [4.78, 5) is 55.1. The molecule has 0 aliphatic carbocycles. The minimum Gasteiger partial charge on any atom is -0.480 e. The fourth-order valence-corrected chi connectivity index (χ4v) is 3.89. The molecule has 1 aliphatic heterocycles. The fourth-order valence-electron chi connectivity index (χ4n) is 3.89. The van der Waals surface area contributed by atoms with Crippen LogP contribution in [0, 0.1) is 0 Å². The van der Waals surface area contributed by atoms with Gasteiger partial charge in [0.2, 0.25) is 17.7 Å². The lowest BCUT2D eigenvalue weighted by Crippen LogP contribution is -2.56. The summed E-state index contributed by atoms with van der Waals surface area (Å²) in [6.45, 7) is 2.01. The van der Waals surface area contributed by atoms with E-state index in [1.54, 1.807) is 0 Å². The molecule has 1 heterocycles. The fraction of sp³-hybridized carbons (Fsp3) is 0.522. The van der Waals surface area contributed by atoms with Crippen LogP contribution in [0.4, 0.5) is 0 Å². The Kier molecular flexibility index (Phi) is 10.5. The number of guanidine groups is 1. The average Bonchev–Trinajstić information content (AvgIpc) is 3.31. The van der Waals surface area contributed by atoms with Gasteiger partial charge in [0, 0.05) is 13.1 Å². The number of aliphatic carboxylic acids is 1. The number of hydrogen-bond acceptors (Lipinski definition) is 6. The van der Waals surface area contributed by atoms with Crippen molar-refractivity contribution < 1.29 is 24.3 Å². The van der Waals surface area contributed by atoms with E-state index in [9.17, 15) is 24.3 Å². The molecular weight excluding hydrogens is 454 g/mol. The van der Waals surface area contributed by atoms with E-state index in [-0.39, 0.29) is 25.5 Å². The third-order valence-corrected chi connectivity index (χ3v) is 5.77. The molecule has 0 bridgehead atoms. The van der Waals surface area contributed by atoms with Crippen molar-refractivity contribution in [2.24, 2.45) is 22.2 Å². The number of carboxylic acids is 1. The molecule has 0 radical (unpaired) electrons. The van der Waals surface area contributed by atoms with E-state index < -0.39 is 47.9 Å². The molecule has 4 atom stereocenters. The molecule has 35 heavy (non-hydrogen) atoms. The van der Waals surface area contributed by atoms with Crippen LogP contribution in [-0.2, 0) is 25.6 Å². The van der Waals surface area contributed by atoms with Crippen LogP contribution in [-0.4, -0.2) is 76.9 Å². The van der Waals surface area contributed by atoms with Crippen molar-refractivity contribution in [3.05, 3.63) is 35.9 Å². The molecule has 1 aromatic rings. The Labute approximate surface area is 204 Å². The van der Waals surface area contributed by atoms with Crippen LogP contribution in [0.2, 0.25) is 0 Å². The molecule has 2 rings (SSSR count). The first kappa shape index (κ1) is 27.6. The molecule has 12 heteroatoms. The monoisotopic (exact) mass is 489 g/mol. The summed E-state index contributed by atoms with van der Waals surface area (Å²) in [5, 5.41) is 14.6. The second-order valence-corrected chi connectivity index (χ2v) is 8.56. The van der Waals surface area contributed by atoms with Gasteiger partial charge < -0.3 is 37.8 Å². The van der Waals surface area contributed by atoms with Crippen molar-refractivity contribution >= 4 is 29.7 Å². The molecule has 0 saturated carbocycles. The van der Waals surface area contributed by atoms with Crippen LogP contribution >= 0.6 is 0 Å². The summed E-state index contributed by atoms with van der Waals surface area (Å²) in [5.41, 5.74) is 17.5. The van der Waals surface area contributed by atoms with Crippen molar-refractivity contribution in [2.75, 3.05) is 13.1 Å². The molecule has 4 unspecified atom stereocenters. The summed E-state index contributed by atoms with van der Waals surface area (Å²) in [5.74, 6) is -2.76. The third-order valence-electron chi connectivity index (χ3n) is 5.77. The van der Waals surface area contributed by atoms with Gasteiger partial charge in [-0.15, -0.1) is 0 Å². The topological polar surface area (TPSA) is 206 Å². The third kappa shape index (κ3) is 8.56. The molecule has 0 spiro atoms. The number of carbonyl (C=O) groups excluding carboxylic acids is 3. The maximum atomic E-state index is 13.1. The first-order valence-electron chi connectivity index (χ1n) is 11.6. The highest BCUT2D eigenvalue weighted by molar-refractivity contribution is 5.94. The Hall–Kier alpha value is -3.67. The number of carbonyl (C=O) groups is 4. The normalized spacial score (nSPS) is 17.7. The zero-order chi connectivity index (χ0) is 26.0. The highest BCUT2D eigenvalue weighted by Gasteiger charge is 2.37. The highest BCUT2D eigenvalue weighted by atomic mass is 16.4. The van der Waals surface area contributed by atoms with E-state index in [2.05, 4.69) is 15.6 Å². The smallest absolute Gasteiger partial charge is 0.326 e. The minimum atomic E-state index is -1.09. The Balaban J connectivity index is 2.01. The number of amides is 3. The Bertz CT molecular complexity index is 920. The van der Waals surface area contributed by atoms with Crippen LogP contribution in [0.5, 0.6) is 0 Å². The summed E-state index contributed by atoms with van der Waals surface area (Å²) in [6.07, 6.45) is 1.78. The van der Waals surface area contributed by atoms with Crippen molar-refractivity contribution in [1.82, 2.24) is 15.5 Å². The van der Waals surface area contributed by atoms with E-state index in [1.165, 1.54) is 11.8 Å². The van der Waals surface area contributed by atoms with Gasteiger partial charge in [-0.05, 0) is 44.6 Å². The Morgan fingerprint density at radius 3 is 2.46 bits per heavy atom. The average molecular weight is 490 g/mol. The van der Waals surface area contributed by atoms with Crippen molar-refractivity contribution in [1.29, 1.82) is 0 Å². The maximum absolute atomic E-state index is 13.1. The van der Waals surface area contributed by atoms with Gasteiger partial charge >= 0.3 is 5.97 Å². The number of rotatable bonds is 12. The number of likely N-dealkylation sites (tertiary alicyclic amines) is 1. The molecule has 0 aromatic heterocycles. The first-order valence-corrected chi connectivity index (χ1v) is 11.6. The van der Waals surface area contributed by atoms with E-state index >= 15 is 0 Å². The molecule has 1 aromatic carbocycles. The standard InChI is InChI=1S/C23H35N7O5/c1-14(28-20(32)16(24)13-15-7-3-2-4-8-15)19(31)29-17(9-5-11-27-23(25)26)21(33)30-12-6-10-18(30)22(34)35/h2-4,7-8,14,16-18H,5-6,9-13,24H2,1H3,(H,28,32)(H,29,31)(H,34,35)(H4,25,26,27). The highest BCUT2D eigenvalue weighted by Crippen LogP contribution is 2.19. The number of carboxylic acid groups (broad SMARTS) is 1. The van der Waals surface area contributed by atoms with Gasteiger partial charge in [0.15, 0.2) is 5.96 Å². The van der Waals surface area contributed by atoms with Crippen LogP contribution in [0.1, 0.15) is 38.2 Å². The van der Waals surface area contributed by atoms with E-state index in [1.807, 2.05) is 30.3 Å². The molecule has 1 fully saturated rings. The molecule has 1 saturated heterocycles. The largest absolute Gasteiger partial charge is 0.480 e. The van der Waals surface area contributed by atoms with Crippen LogP contribution in [0.3, 0.4) is 0 Å². The van der Waals surface area contributed by atoms with Crippen LogP contribution in [0.25, 0.3) is 0 Å². The second kappa shape index (κ2) is 13.3. The molecule has 12 nitrogen and oxygen atoms in total. The van der Waals surface area contributed by atoms with Gasteiger partial charge in [-0.3, -0.25) is 19.4 Å². The van der Waals surface area contributed by atoms with Crippen molar-refractivity contribution in [2.45, 2.75) is 63.2 Å². The first-order chi connectivity index (χ1) is 16.6. The number of nitrogens with two attached hydrogens (primary N) is 3. The van der Waals surface area contributed by atoms with Crippen LogP contribution in [0.15, 0.2) is 35.3 Å². The van der Waals surface area contributed by atoms with E-state index in [0.29, 0.717) is 25.7 Å². The lowest BCUT2D eigenvalue weighted by Gasteiger charge is -2.28. The Morgan fingerprint density at radius 2 is 1.83 bits per heavy atom. The molecule has 192 valence electrons. The Morgan fingerprint density at radius 1 is 1.14 bits per heavy atom. The molecule has 3 amide bonds. The second-order valence-electron chi connectivity index (χ2n) is 8.56. The minimum absolute atomic E-state index is 0.0921. The zero-order valence-corrected chi connectivity index (χ0v) is 19.9. The van der Waals surface area contributed by atoms with Gasteiger partial charge in [-0.25, -0.2) is 4.79 Å². The molecule has 9 N–H and O–H groups in total. The summed E-state index contributed by atoms with van der Waals surface area (Å²) in [7, 11) is 0. The number of nitrogens with one attached hydrogen (secondary N) is 2. The van der Waals surface area contributed by atoms with Crippen LogP contribution < -0.4 is 27.8 Å². The number of hydrogen-bond donors (Lipinski definition) is 6. The lowest BCUT2D eigenvalue weighted by molar-refractivity contribution is -0.149. The number of aliphatic imine (C=N–C) groups is 1. The lowest BCUT2D eigenvalue weighted by atomic mass is 10.1. The van der Waals surface area contributed by atoms with E-state index in [0.717, 1.165) is 5.56 Å². The summed E-state index contributed by atoms with van der Waals surface area (Å²) < 4.78 is 0. The SMILES string of the molecule is CC(NC(=O)C(N)Cc1ccccc1)C(=O)NC(CCCN=C(N)N)C(=O)N1CCCC1C(=O)O. The zero-order valence-electron chi connectivity index (χ0n) is 19.9. The maximum Gasteiger partial charge on any atom is 0.326 e. The van der Waals surface area contributed by atoms with Gasteiger partial charge in [-0.1, -0.05) is 30.3 Å². The van der Waals surface area contributed by atoms with Gasteiger partial charge in [0.05, 0.1) is 6.04 Å². The predicted molar refractivity (Wildman–Crippen MR) is 130 cm³/mol. The predicted octanol–water partition coefficient (Wildman–Crippen LogP) is -1.32. The van der Waals surface area contributed by atoms with Crippen molar-refractivity contribution in [3.63, 3.8) is 0 Å². The van der Waals surface area contributed by atoms with Crippen molar-refractivity contribution in [3.8, 4) is 0 Å². The van der Waals surface area contributed by atoms with Gasteiger partial charge in [-0.2, -0.15) is 0 Å². The van der Waals surface area contributed by atoms with Gasteiger partial charge in [0.1, 0.15) is 18.1 Å². The van der Waals surface area contributed by atoms with E-state index in [4.69, 9.17) is 17.2 Å². The molecular formula is C23H35N7O5. The number of nitrogens with zero attached hydrogens (tertiary/aromatic N) is 2. The van der Waals surface area contributed by atoms with Gasteiger partial charge in [0.25, 0.3) is 0 Å². The summed E-state index contributed by atoms with van der Waals surface area (Å²) >= 11 is 0.